The lowest BCUT2D eigenvalue weighted by Crippen LogP contribution is -2.37. The van der Waals surface area contributed by atoms with Gasteiger partial charge < -0.3 is 9.64 Å². The van der Waals surface area contributed by atoms with Crippen LogP contribution in [0, 0.1) is 12.8 Å². The van der Waals surface area contributed by atoms with E-state index in [9.17, 15) is 9.59 Å². The van der Waals surface area contributed by atoms with Crippen LogP contribution in [0.3, 0.4) is 0 Å². The first-order valence-electron chi connectivity index (χ1n) is 7.46. The second kappa shape index (κ2) is 5.78. The molecular formula is C14H19N5O3. The third kappa shape index (κ3) is 2.68. The Morgan fingerprint density at radius 2 is 2.14 bits per heavy atom. The van der Waals surface area contributed by atoms with E-state index in [0.717, 1.165) is 12.8 Å². The van der Waals surface area contributed by atoms with Crippen LogP contribution in [0.2, 0.25) is 0 Å². The van der Waals surface area contributed by atoms with Gasteiger partial charge in [0.2, 0.25) is 5.95 Å². The highest BCUT2D eigenvalue weighted by atomic mass is 16.5. The number of rotatable bonds is 3. The van der Waals surface area contributed by atoms with Crippen LogP contribution in [-0.2, 0) is 9.53 Å². The molecule has 118 valence electrons. The van der Waals surface area contributed by atoms with Gasteiger partial charge in [-0.1, -0.05) is 0 Å². The predicted octanol–water partition coefficient (Wildman–Crippen LogP) is 0.506. The number of carbonyl (C=O) groups is 1. The molecule has 0 radical (unpaired) electrons. The number of piperidine rings is 1. The summed E-state index contributed by atoms with van der Waals surface area (Å²) in [6, 6.07) is 1.46. The topological polar surface area (TPSA) is 92.6 Å². The molecule has 3 rings (SSSR count). The summed E-state index contributed by atoms with van der Waals surface area (Å²) in [5.41, 5.74) is 0.465. The molecule has 22 heavy (non-hydrogen) atoms. The first-order chi connectivity index (χ1) is 10.6. The molecule has 0 saturated carbocycles. The maximum Gasteiger partial charge on any atom is 0.309 e. The number of hydrogen-bond donors (Lipinski definition) is 1. The zero-order valence-electron chi connectivity index (χ0n) is 12.7. The maximum atomic E-state index is 11.9. The molecule has 2 aromatic rings. The van der Waals surface area contributed by atoms with Gasteiger partial charge in [-0.15, -0.1) is 0 Å². The number of carbonyl (C=O) groups excluding carboxylic acids is 1. The van der Waals surface area contributed by atoms with Crippen molar-refractivity contribution in [3.8, 4) is 0 Å². The van der Waals surface area contributed by atoms with E-state index in [1.807, 2.05) is 11.8 Å². The Bertz CT molecular complexity index is 743. The lowest BCUT2D eigenvalue weighted by Gasteiger charge is -2.30. The summed E-state index contributed by atoms with van der Waals surface area (Å²) in [5, 5.41) is 2.97. The summed E-state index contributed by atoms with van der Waals surface area (Å²) in [5.74, 6) is 0.800. The van der Waals surface area contributed by atoms with Crippen LogP contribution in [0.1, 0.15) is 25.5 Å². The van der Waals surface area contributed by atoms with Crippen LogP contribution in [0.15, 0.2) is 10.9 Å². The molecule has 0 spiro atoms. The summed E-state index contributed by atoms with van der Waals surface area (Å²) < 4.78 is 6.40. The molecule has 1 aliphatic rings. The summed E-state index contributed by atoms with van der Waals surface area (Å²) in [6.45, 7) is 5.37. The number of ether oxygens (including phenoxy) is 1. The Morgan fingerprint density at radius 3 is 2.82 bits per heavy atom. The van der Waals surface area contributed by atoms with E-state index < -0.39 is 0 Å². The summed E-state index contributed by atoms with van der Waals surface area (Å²) in [4.78, 5) is 34.3. The number of fused-ring (bicyclic) bond motifs is 1. The highest BCUT2D eigenvalue weighted by molar-refractivity contribution is 5.72. The Hall–Kier alpha value is -2.38. The minimum Gasteiger partial charge on any atom is -0.466 e. The van der Waals surface area contributed by atoms with Crippen molar-refractivity contribution in [2.45, 2.75) is 26.7 Å². The van der Waals surface area contributed by atoms with E-state index in [1.165, 1.54) is 10.6 Å². The van der Waals surface area contributed by atoms with E-state index in [1.54, 1.807) is 6.92 Å². The van der Waals surface area contributed by atoms with Crippen molar-refractivity contribution < 1.29 is 9.53 Å². The molecule has 8 heteroatoms. The standard InChI is InChI=1S/C14H19N5O3/c1-3-22-12(21)10-4-6-18(7-5-10)14-16-13-15-9(2)8-11(20)19(13)17-14/h8,10H,3-7H2,1-2H3,(H,15,16,17). The second-order valence-corrected chi connectivity index (χ2v) is 5.43. The zero-order chi connectivity index (χ0) is 15.7. The van der Waals surface area contributed by atoms with Crippen molar-refractivity contribution in [1.82, 2.24) is 19.6 Å². The van der Waals surface area contributed by atoms with E-state index in [0.29, 0.717) is 37.1 Å². The molecule has 0 aromatic carbocycles. The molecule has 3 heterocycles. The van der Waals surface area contributed by atoms with Gasteiger partial charge in [0.25, 0.3) is 11.3 Å². The Morgan fingerprint density at radius 1 is 1.41 bits per heavy atom. The highest BCUT2D eigenvalue weighted by Gasteiger charge is 2.27. The number of H-pyrrole nitrogens is 1. The van der Waals surface area contributed by atoms with E-state index in [-0.39, 0.29) is 17.4 Å². The van der Waals surface area contributed by atoms with Crippen LogP contribution in [0.25, 0.3) is 5.78 Å². The first kappa shape index (κ1) is 14.6. The Kier molecular flexibility index (Phi) is 3.82. The van der Waals surface area contributed by atoms with E-state index >= 15 is 0 Å². The number of aromatic amines is 1. The third-order valence-electron chi connectivity index (χ3n) is 3.86. The highest BCUT2D eigenvalue weighted by Crippen LogP contribution is 2.21. The molecule has 1 N–H and O–H groups in total. The number of aryl methyl sites for hydroxylation is 1. The smallest absolute Gasteiger partial charge is 0.309 e. The molecule has 2 aromatic heterocycles. The number of aromatic nitrogens is 4. The number of nitrogens with zero attached hydrogens (tertiary/aromatic N) is 4. The number of esters is 1. The van der Waals surface area contributed by atoms with Gasteiger partial charge in [-0.25, -0.2) is 4.98 Å². The minimum absolute atomic E-state index is 0.0522. The van der Waals surface area contributed by atoms with Crippen molar-refractivity contribution >= 4 is 17.7 Å². The molecule has 1 fully saturated rings. The van der Waals surface area contributed by atoms with Crippen LogP contribution in [-0.4, -0.2) is 45.2 Å². The SMILES string of the molecule is CCOC(=O)C1CCN(c2nc3nc(C)cc(=O)n3[nH]2)CC1. The largest absolute Gasteiger partial charge is 0.466 e. The van der Waals surface area contributed by atoms with Gasteiger partial charge in [0.1, 0.15) is 0 Å². The van der Waals surface area contributed by atoms with Crippen molar-refractivity contribution in [2.24, 2.45) is 5.92 Å². The third-order valence-corrected chi connectivity index (χ3v) is 3.86. The average molecular weight is 305 g/mol. The first-order valence-corrected chi connectivity index (χ1v) is 7.46. The van der Waals surface area contributed by atoms with E-state index in [2.05, 4.69) is 15.1 Å². The number of anilines is 1. The van der Waals surface area contributed by atoms with Gasteiger partial charge >= 0.3 is 5.97 Å². The van der Waals surface area contributed by atoms with E-state index in [4.69, 9.17) is 4.74 Å². The predicted molar refractivity (Wildman–Crippen MR) is 79.9 cm³/mol. The number of nitrogens with one attached hydrogen (secondary N) is 1. The quantitative estimate of drug-likeness (QED) is 0.830. The number of hydrogen-bond acceptors (Lipinski definition) is 6. The lowest BCUT2D eigenvalue weighted by molar-refractivity contribution is -0.148. The molecule has 1 saturated heterocycles. The van der Waals surface area contributed by atoms with Gasteiger partial charge in [0.15, 0.2) is 0 Å². The fraction of sp³-hybridized carbons (Fsp3) is 0.571. The molecule has 0 unspecified atom stereocenters. The lowest BCUT2D eigenvalue weighted by atomic mass is 9.97. The van der Waals surface area contributed by atoms with Gasteiger partial charge in [0, 0.05) is 24.8 Å². The fourth-order valence-electron chi connectivity index (χ4n) is 2.71. The molecular weight excluding hydrogens is 286 g/mol. The molecule has 8 nitrogen and oxygen atoms in total. The molecule has 0 aliphatic carbocycles. The monoisotopic (exact) mass is 305 g/mol. The van der Waals surface area contributed by atoms with Crippen molar-refractivity contribution in [1.29, 1.82) is 0 Å². The molecule has 0 bridgehead atoms. The van der Waals surface area contributed by atoms with Crippen molar-refractivity contribution in [3.05, 3.63) is 22.1 Å². The molecule has 0 amide bonds. The van der Waals surface area contributed by atoms with Crippen molar-refractivity contribution in [3.63, 3.8) is 0 Å². The Balaban J connectivity index is 1.75. The van der Waals surface area contributed by atoms with Gasteiger partial charge in [-0.3, -0.25) is 14.7 Å². The normalized spacial score (nSPS) is 16.2. The summed E-state index contributed by atoms with van der Waals surface area (Å²) >= 11 is 0. The van der Waals surface area contributed by atoms with Gasteiger partial charge in [0.05, 0.1) is 12.5 Å². The van der Waals surface area contributed by atoms with Crippen LogP contribution in [0.5, 0.6) is 0 Å². The minimum atomic E-state index is -0.178. The Labute approximate surface area is 127 Å². The summed E-state index contributed by atoms with van der Waals surface area (Å²) in [6.07, 6.45) is 1.44. The van der Waals surface area contributed by atoms with Crippen molar-refractivity contribution in [2.75, 3.05) is 24.6 Å². The fourth-order valence-corrected chi connectivity index (χ4v) is 2.71. The second-order valence-electron chi connectivity index (χ2n) is 5.43. The van der Waals surface area contributed by atoms with Gasteiger partial charge in [-0.2, -0.15) is 9.50 Å². The molecule has 1 aliphatic heterocycles. The van der Waals surface area contributed by atoms with Crippen LogP contribution in [0.4, 0.5) is 5.95 Å². The van der Waals surface area contributed by atoms with Crippen LogP contribution >= 0.6 is 0 Å². The van der Waals surface area contributed by atoms with Gasteiger partial charge in [-0.05, 0) is 26.7 Å². The maximum absolute atomic E-state index is 11.9. The molecule has 0 atom stereocenters. The summed E-state index contributed by atoms with van der Waals surface area (Å²) in [7, 11) is 0. The average Bonchev–Trinajstić information content (AvgIpc) is 2.92. The van der Waals surface area contributed by atoms with Crippen LogP contribution < -0.4 is 10.5 Å². The zero-order valence-corrected chi connectivity index (χ0v) is 12.7.